The van der Waals surface area contributed by atoms with Gasteiger partial charge in [-0.25, -0.2) is 0 Å². The van der Waals surface area contributed by atoms with Gasteiger partial charge in [-0.2, -0.15) is 13.2 Å². The summed E-state index contributed by atoms with van der Waals surface area (Å²) in [6, 6.07) is 0. The zero-order valence-corrected chi connectivity index (χ0v) is 9.87. The van der Waals surface area contributed by atoms with Crippen LogP contribution in [-0.2, 0) is 4.79 Å². The molecule has 0 unspecified atom stereocenters. The summed E-state index contributed by atoms with van der Waals surface area (Å²) in [5, 5.41) is 8.50. The van der Waals surface area contributed by atoms with E-state index in [4.69, 9.17) is 5.11 Å². The largest absolute Gasteiger partial charge is 0.481 e. The minimum atomic E-state index is -4.31. The van der Waals surface area contributed by atoms with Crippen molar-refractivity contribution in [2.45, 2.75) is 19.0 Å². The second-order valence-corrected chi connectivity index (χ2v) is 4.02. The van der Waals surface area contributed by atoms with Crippen LogP contribution in [0.3, 0.4) is 0 Å². The van der Waals surface area contributed by atoms with Crippen molar-refractivity contribution in [1.29, 1.82) is 0 Å². The van der Waals surface area contributed by atoms with Crippen molar-refractivity contribution in [3.05, 3.63) is 35.6 Å². The highest BCUT2D eigenvalue weighted by atomic mass is 19.4. The van der Waals surface area contributed by atoms with E-state index in [-0.39, 0.29) is 12.8 Å². The Bertz CT molecular complexity index is 408. The molecule has 0 heterocycles. The topological polar surface area (TPSA) is 40.5 Å². The van der Waals surface area contributed by atoms with Crippen LogP contribution in [0.25, 0.3) is 0 Å². The first-order valence-electron chi connectivity index (χ1n) is 5.37. The quantitative estimate of drug-likeness (QED) is 0.845. The predicted octanol–water partition coefficient (Wildman–Crippen LogP) is 2.73. The van der Waals surface area contributed by atoms with Gasteiger partial charge in [0.05, 0.1) is 12.0 Å². The van der Waals surface area contributed by atoms with Gasteiger partial charge in [-0.1, -0.05) is 12.2 Å². The fraction of sp³-hybridized carbons (Fsp3) is 0.417. The van der Waals surface area contributed by atoms with E-state index in [1.807, 2.05) is 0 Å². The van der Waals surface area contributed by atoms with Crippen molar-refractivity contribution in [2.24, 2.45) is 0 Å². The molecule has 1 rings (SSSR count). The molecule has 0 aromatic rings. The minimum absolute atomic E-state index is 0.00631. The monoisotopic (exact) mass is 261 g/mol. The van der Waals surface area contributed by atoms with E-state index >= 15 is 0 Å². The maximum absolute atomic E-state index is 12.3. The zero-order valence-electron chi connectivity index (χ0n) is 9.87. The van der Waals surface area contributed by atoms with Gasteiger partial charge in [0.25, 0.3) is 0 Å². The number of carbonyl (C=O) groups is 1. The van der Waals surface area contributed by atoms with Crippen LogP contribution < -0.4 is 0 Å². The van der Waals surface area contributed by atoms with Gasteiger partial charge in [0.15, 0.2) is 0 Å². The van der Waals surface area contributed by atoms with Crippen LogP contribution in [0, 0.1) is 0 Å². The van der Waals surface area contributed by atoms with Crippen LogP contribution >= 0.6 is 0 Å². The van der Waals surface area contributed by atoms with E-state index in [1.54, 1.807) is 18.1 Å². The van der Waals surface area contributed by atoms with E-state index in [1.165, 1.54) is 6.08 Å². The summed E-state index contributed by atoms with van der Waals surface area (Å²) in [6.45, 7) is 0.322. The standard InChI is InChI=1S/C12H14F3NO2/c1-16(7-6-11(17)18)8-9-2-4-10(5-3-9)12(13,14)15/h2,4-5,8H,3,6-7H2,1H3,(H,17,18)/b9-8-. The third kappa shape index (κ3) is 4.65. The highest BCUT2D eigenvalue weighted by Crippen LogP contribution is 2.30. The molecule has 0 saturated heterocycles. The number of allylic oxidation sites excluding steroid dienone is 5. The molecule has 6 heteroatoms. The smallest absolute Gasteiger partial charge is 0.416 e. The predicted molar refractivity (Wildman–Crippen MR) is 60.9 cm³/mol. The summed E-state index contributed by atoms with van der Waals surface area (Å²) >= 11 is 0. The first-order chi connectivity index (χ1) is 8.29. The number of carboxylic acid groups (broad SMARTS) is 1. The van der Waals surface area contributed by atoms with Crippen LogP contribution in [-0.4, -0.2) is 35.7 Å². The third-order valence-corrected chi connectivity index (χ3v) is 2.43. The van der Waals surface area contributed by atoms with Gasteiger partial charge in [-0.15, -0.1) is 0 Å². The van der Waals surface area contributed by atoms with E-state index in [9.17, 15) is 18.0 Å². The minimum Gasteiger partial charge on any atom is -0.481 e. The lowest BCUT2D eigenvalue weighted by Gasteiger charge is -2.16. The Hall–Kier alpha value is -1.72. The Morgan fingerprint density at radius 3 is 2.61 bits per heavy atom. The highest BCUT2D eigenvalue weighted by Gasteiger charge is 2.32. The molecule has 0 aliphatic heterocycles. The summed E-state index contributed by atoms with van der Waals surface area (Å²) in [7, 11) is 1.69. The molecule has 100 valence electrons. The molecular formula is C12H14F3NO2. The molecule has 1 N–H and O–H groups in total. The normalized spacial score (nSPS) is 17.8. The number of carboxylic acids is 1. The van der Waals surface area contributed by atoms with Crippen molar-refractivity contribution in [1.82, 2.24) is 4.90 Å². The second kappa shape index (κ2) is 5.75. The van der Waals surface area contributed by atoms with E-state index in [0.29, 0.717) is 6.54 Å². The van der Waals surface area contributed by atoms with Crippen LogP contribution in [0.1, 0.15) is 12.8 Å². The first kappa shape index (κ1) is 14.3. The van der Waals surface area contributed by atoms with Crippen LogP contribution in [0.5, 0.6) is 0 Å². The van der Waals surface area contributed by atoms with Crippen molar-refractivity contribution in [3.8, 4) is 0 Å². The maximum Gasteiger partial charge on any atom is 0.416 e. The molecule has 3 nitrogen and oxygen atoms in total. The fourth-order valence-electron chi connectivity index (χ4n) is 1.49. The molecule has 0 fully saturated rings. The number of alkyl halides is 3. The van der Waals surface area contributed by atoms with Crippen molar-refractivity contribution in [3.63, 3.8) is 0 Å². The Labute approximate surface area is 103 Å². The lowest BCUT2D eigenvalue weighted by atomic mass is 10.0. The number of hydrogen-bond acceptors (Lipinski definition) is 2. The lowest BCUT2D eigenvalue weighted by molar-refractivity contribution is -0.137. The van der Waals surface area contributed by atoms with E-state index in [0.717, 1.165) is 17.7 Å². The Morgan fingerprint density at radius 2 is 2.17 bits per heavy atom. The van der Waals surface area contributed by atoms with Crippen LogP contribution in [0.15, 0.2) is 35.6 Å². The van der Waals surface area contributed by atoms with Crippen LogP contribution in [0.2, 0.25) is 0 Å². The molecule has 0 saturated carbocycles. The summed E-state index contributed by atoms with van der Waals surface area (Å²) in [5.41, 5.74) is 0.0729. The number of aliphatic carboxylic acids is 1. The van der Waals surface area contributed by atoms with E-state index < -0.39 is 17.7 Å². The van der Waals surface area contributed by atoms with Gasteiger partial charge in [0, 0.05) is 19.8 Å². The third-order valence-electron chi connectivity index (χ3n) is 2.43. The average Bonchev–Trinajstić information content (AvgIpc) is 2.26. The van der Waals surface area contributed by atoms with Gasteiger partial charge in [-0.05, 0) is 18.1 Å². The van der Waals surface area contributed by atoms with Crippen LogP contribution in [0.4, 0.5) is 13.2 Å². The molecule has 0 aromatic heterocycles. The SMILES string of the molecule is CN(/C=C1/C=CC(C(F)(F)F)=CC1)CCC(=O)O. The fourth-order valence-corrected chi connectivity index (χ4v) is 1.49. The molecule has 0 radical (unpaired) electrons. The van der Waals surface area contributed by atoms with Gasteiger partial charge < -0.3 is 10.0 Å². The lowest BCUT2D eigenvalue weighted by Crippen LogP contribution is -2.17. The number of hydrogen-bond donors (Lipinski definition) is 1. The van der Waals surface area contributed by atoms with E-state index in [2.05, 4.69) is 0 Å². The van der Waals surface area contributed by atoms with Crippen molar-refractivity contribution in [2.75, 3.05) is 13.6 Å². The van der Waals surface area contributed by atoms with Gasteiger partial charge >= 0.3 is 12.1 Å². The number of nitrogens with zero attached hydrogens (tertiary/aromatic N) is 1. The molecule has 0 aromatic carbocycles. The highest BCUT2D eigenvalue weighted by molar-refractivity contribution is 5.66. The molecule has 18 heavy (non-hydrogen) atoms. The molecule has 1 aliphatic rings. The summed E-state index contributed by atoms with van der Waals surface area (Å²) in [5.74, 6) is -0.904. The Balaban J connectivity index is 2.55. The zero-order chi connectivity index (χ0) is 13.8. The van der Waals surface area contributed by atoms with Gasteiger partial charge in [0.1, 0.15) is 0 Å². The molecule has 1 aliphatic carbocycles. The van der Waals surface area contributed by atoms with Crippen molar-refractivity contribution < 1.29 is 23.1 Å². The summed E-state index contributed by atoms with van der Waals surface area (Å²) in [4.78, 5) is 12.0. The second-order valence-electron chi connectivity index (χ2n) is 4.02. The number of rotatable bonds is 4. The molecular weight excluding hydrogens is 247 g/mol. The maximum atomic E-state index is 12.3. The molecule has 0 atom stereocenters. The molecule has 0 spiro atoms. The van der Waals surface area contributed by atoms with Gasteiger partial charge in [0.2, 0.25) is 0 Å². The van der Waals surface area contributed by atoms with Gasteiger partial charge in [-0.3, -0.25) is 4.79 Å². The summed E-state index contributed by atoms with van der Waals surface area (Å²) < 4.78 is 37.0. The summed E-state index contributed by atoms with van der Waals surface area (Å²) in [6.07, 6.45) is 1.09. The molecule has 0 bridgehead atoms. The Morgan fingerprint density at radius 1 is 1.50 bits per heavy atom. The average molecular weight is 261 g/mol. The Kier molecular flexibility index (Phi) is 4.58. The van der Waals surface area contributed by atoms with Crippen molar-refractivity contribution >= 4 is 5.97 Å². The number of halogens is 3. The first-order valence-corrected chi connectivity index (χ1v) is 5.37. The molecule has 0 amide bonds.